The maximum atomic E-state index is 12.7. The van der Waals surface area contributed by atoms with Crippen molar-refractivity contribution in [3.05, 3.63) is 23.3 Å². The molecule has 4 aliphatic carbocycles. The molecule has 0 bridgehead atoms. The summed E-state index contributed by atoms with van der Waals surface area (Å²) in [4.78, 5) is 22.5. The van der Waals surface area contributed by atoms with Crippen LogP contribution in [0.1, 0.15) is 48.0 Å². The first-order chi connectivity index (χ1) is 14.6. The van der Waals surface area contributed by atoms with Crippen molar-refractivity contribution in [3.63, 3.8) is 0 Å². The molecule has 0 aliphatic heterocycles. The zero-order valence-corrected chi connectivity index (χ0v) is 19.6. The number of aliphatic hydroxyl groups excluding tert-OH is 2. The second kappa shape index (κ2) is 7.74. The quantitative estimate of drug-likeness (QED) is 0.301. The molecule has 4 aliphatic rings. The van der Waals surface area contributed by atoms with Crippen LogP contribution in [-0.4, -0.2) is 73.4 Å². The van der Waals surface area contributed by atoms with Crippen LogP contribution >= 0.6 is 0 Å². The molecule has 0 aromatic heterocycles. The third-order valence-corrected chi connectivity index (χ3v) is 8.39. The van der Waals surface area contributed by atoms with Crippen LogP contribution in [0.25, 0.3) is 0 Å². The summed E-state index contributed by atoms with van der Waals surface area (Å²) in [5, 5.41) is 54.9. The first-order valence-electron chi connectivity index (χ1n) is 11.2. The Morgan fingerprint density at radius 2 is 1.81 bits per heavy atom. The van der Waals surface area contributed by atoms with Gasteiger partial charge in [0, 0.05) is 42.4 Å². The Morgan fingerprint density at radius 1 is 1.22 bits per heavy atom. The minimum Gasteiger partial charge on any atom is -0.466 e. The third-order valence-electron chi connectivity index (χ3n) is 8.39. The van der Waals surface area contributed by atoms with Gasteiger partial charge < -0.3 is 30.3 Å². The van der Waals surface area contributed by atoms with Crippen LogP contribution in [-0.2, 0) is 14.3 Å². The summed E-state index contributed by atoms with van der Waals surface area (Å²) in [7, 11) is 0. The number of carbonyl (C=O) groups is 2. The summed E-state index contributed by atoms with van der Waals surface area (Å²) < 4.78 is 4.40. The van der Waals surface area contributed by atoms with Crippen LogP contribution in [0.2, 0.25) is 0 Å². The van der Waals surface area contributed by atoms with Crippen molar-refractivity contribution in [2.45, 2.75) is 70.9 Å². The van der Waals surface area contributed by atoms with Crippen LogP contribution in [0.15, 0.2) is 23.3 Å². The lowest BCUT2D eigenvalue weighted by Crippen LogP contribution is -2.65. The predicted molar refractivity (Wildman–Crippen MR) is 115 cm³/mol. The second-order valence-electron chi connectivity index (χ2n) is 10.3. The highest BCUT2D eigenvalue weighted by Gasteiger charge is 2.84. The summed E-state index contributed by atoms with van der Waals surface area (Å²) in [6.45, 7) is 10.3. The molecule has 4 rings (SSSR count). The number of ether oxygens (including phenoxy) is 1. The Bertz CT molecular complexity index is 875. The van der Waals surface area contributed by atoms with E-state index in [1.807, 2.05) is 13.8 Å². The van der Waals surface area contributed by atoms with Crippen molar-refractivity contribution >= 4 is 11.8 Å². The van der Waals surface area contributed by atoms with E-state index < -0.39 is 57.8 Å². The Morgan fingerprint density at radius 3 is 2.28 bits per heavy atom. The summed E-state index contributed by atoms with van der Waals surface area (Å²) >= 11 is 0. The SMILES string of the molecule is CC1=C[C@H]2[C@@]3(O)[C@H](C)[C@@H](O)[C@]4(O)[C@@H]([C@@H]3C=C(CO)C[C@]2(O)C1=O)C4(C)C.CCOC(C)=O. The molecule has 0 saturated heterocycles. The van der Waals surface area contributed by atoms with E-state index in [2.05, 4.69) is 4.74 Å². The zero-order chi connectivity index (χ0) is 24.4. The van der Waals surface area contributed by atoms with Crippen LogP contribution in [0, 0.1) is 29.1 Å². The number of rotatable bonds is 2. The van der Waals surface area contributed by atoms with Gasteiger partial charge in [-0.3, -0.25) is 9.59 Å². The molecular formula is C24H36O8. The van der Waals surface area contributed by atoms with Gasteiger partial charge in [-0.15, -0.1) is 0 Å². The summed E-state index contributed by atoms with van der Waals surface area (Å²) in [6, 6.07) is 0. The van der Waals surface area contributed by atoms with Crippen LogP contribution in [0.5, 0.6) is 0 Å². The van der Waals surface area contributed by atoms with Gasteiger partial charge >= 0.3 is 5.97 Å². The van der Waals surface area contributed by atoms with Gasteiger partial charge in [-0.05, 0) is 25.0 Å². The van der Waals surface area contributed by atoms with Crippen molar-refractivity contribution in [2.24, 2.45) is 29.1 Å². The normalized spacial score (nSPS) is 45.7. The van der Waals surface area contributed by atoms with E-state index in [9.17, 15) is 35.1 Å². The van der Waals surface area contributed by atoms with E-state index in [0.29, 0.717) is 17.8 Å². The number of ketones is 1. The molecule has 0 radical (unpaired) electrons. The molecule has 0 aromatic carbocycles. The van der Waals surface area contributed by atoms with Gasteiger partial charge in [-0.1, -0.05) is 32.9 Å². The van der Waals surface area contributed by atoms with Gasteiger partial charge in [-0.25, -0.2) is 0 Å². The second-order valence-corrected chi connectivity index (χ2v) is 10.3. The Balaban J connectivity index is 0.000000427. The molecule has 2 fully saturated rings. The van der Waals surface area contributed by atoms with Crippen molar-refractivity contribution in [1.29, 1.82) is 0 Å². The van der Waals surface area contributed by atoms with Crippen LogP contribution in [0.4, 0.5) is 0 Å². The first-order valence-corrected chi connectivity index (χ1v) is 11.2. The predicted octanol–water partition coefficient (Wildman–Crippen LogP) is 0.499. The van der Waals surface area contributed by atoms with Gasteiger partial charge in [0.25, 0.3) is 0 Å². The molecule has 5 N–H and O–H groups in total. The molecule has 2 saturated carbocycles. The Hall–Kier alpha value is -1.58. The Kier molecular flexibility index (Phi) is 6.06. The molecule has 0 unspecified atom stereocenters. The Labute approximate surface area is 188 Å². The third kappa shape index (κ3) is 3.07. The van der Waals surface area contributed by atoms with E-state index in [4.69, 9.17) is 0 Å². The maximum absolute atomic E-state index is 12.7. The number of esters is 1. The van der Waals surface area contributed by atoms with Crippen molar-refractivity contribution in [1.82, 2.24) is 0 Å². The summed E-state index contributed by atoms with van der Waals surface area (Å²) in [5.41, 5.74) is -4.57. The lowest BCUT2D eigenvalue weighted by atomic mass is 9.59. The fourth-order valence-electron chi connectivity index (χ4n) is 6.65. The molecule has 0 spiro atoms. The molecule has 180 valence electrons. The minimum atomic E-state index is -1.84. The number of fused-ring (bicyclic) bond motifs is 5. The average Bonchev–Trinajstić information content (AvgIpc) is 3.11. The highest BCUT2D eigenvalue weighted by atomic mass is 16.5. The van der Waals surface area contributed by atoms with E-state index in [0.717, 1.165) is 0 Å². The fourth-order valence-corrected chi connectivity index (χ4v) is 6.65. The molecule has 8 nitrogen and oxygen atoms in total. The first kappa shape index (κ1) is 25.1. The molecule has 0 amide bonds. The standard InChI is InChI=1S/C20H28O6.C4H8O2/c1-9-5-13-18(24,15(9)22)7-11(8-21)6-12-14-17(3,4)20(14,26)16(23)10(2)19(12,13)25;1-3-6-4(2)5/h5-6,10,12-14,16,21,23-26H,7-8H2,1-4H3;3H2,1-2H3/t10-,12+,13-,14+,16-,18-,19-,20-;/m1./s1. The molecule has 0 aromatic rings. The number of Topliss-reactive ketones (excluding diaryl/α,β-unsaturated/α-hetero) is 1. The fraction of sp³-hybridized carbons (Fsp3) is 0.750. The topological polar surface area (TPSA) is 145 Å². The smallest absolute Gasteiger partial charge is 0.302 e. The van der Waals surface area contributed by atoms with Crippen molar-refractivity contribution < 1.29 is 39.9 Å². The lowest BCUT2D eigenvalue weighted by Gasteiger charge is -2.51. The molecular weight excluding hydrogens is 416 g/mol. The molecule has 8 atom stereocenters. The lowest BCUT2D eigenvalue weighted by molar-refractivity contribution is -0.209. The minimum absolute atomic E-state index is 0.0615. The van der Waals surface area contributed by atoms with Crippen molar-refractivity contribution in [3.8, 4) is 0 Å². The number of hydrogen-bond donors (Lipinski definition) is 5. The monoisotopic (exact) mass is 452 g/mol. The average molecular weight is 453 g/mol. The zero-order valence-electron chi connectivity index (χ0n) is 19.6. The molecule has 32 heavy (non-hydrogen) atoms. The van der Waals surface area contributed by atoms with Gasteiger partial charge in [-0.2, -0.15) is 0 Å². The maximum Gasteiger partial charge on any atom is 0.302 e. The van der Waals surface area contributed by atoms with Gasteiger partial charge in [0.2, 0.25) is 0 Å². The summed E-state index contributed by atoms with van der Waals surface area (Å²) in [5.74, 6) is -3.35. The number of aliphatic hydroxyl groups is 5. The van der Waals surface area contributed by atoms with Gasteiger partial charge in [0.15, 0.2) is 5.78 Å². The van der Waals surface area contributed by atoms with Crippen LogP contribution < -0.4 is 0 Å². The van der Waals surface area contributed by atoms with Crippen LogP contribution in [0.3, 0.4) is 0 Å². The van der Waals surface area contributed by atoms with E-state index in [1.54, 1.807) is 32.9 Å². The van der Waals surface area contributed by atoms with Crippen molar-refractivity contribution in [2.75, 3.05) is 13.2 Å². The number of carbonyl (C=O) groups excluding carboxylic acids is 2. The highest BCUT2D eigenvalue weighted by Crippen LogP contribution is 2.74. The van der Waals surface area contributed by atoms with E-state index in [-0.39, 0.29) is 19.0 Å². The van der Waals surface area contributed by atoms with E-state index in [1.165, 1.54) is 6.92 Å². The molecule has 0 heterocycles. The largest absolute Gasteiger partial charge is 0.466 e. The van der Waals surface area contributed by atoms with Gasteiger partial charge in [0.05, 0.1) is 24.9 Å². The van der Waals surface area contributed by atoms with E-state index >= 15 is 0 Å². The summed E-state index contributed by atoms with van der Waals surface area (Å²) in [6.07, 6.45) is 2.08. The molecule has 8 heteroatoms. The number of hydrogen-bond acceptors (Lipinski definition) is 8. The highest BCUT2D eigenvalue weighted by molar-refractivity contribution is 6.04. The van der Waals surface area contributed by atoms with Gasteiger partial charge in [0.1, 0.15) is 11.2 Å².